The quantitative estimate of drug-likeness (QED) is 0.397. The Balaban J connectivity index is 1.72. The fourth-order valence-electron chi connectivity index (χ4n) is 2.22. The van der Waals surface area contributed by atoms with Gasteiger partial charge in [-0.25, -0.2) is 13.4 Å². The van der Waals surface area contributed by atoms with Crippen molar-refractivity contribution in [1.82, 2.24) is 4.98 Å². The van der Waals surface area contributed by atoms with Crippen LogP contribution in [0.2, 0.25) is 0 Å². The summed E-state index contributed by atoms with van der Waals surface area (Å²) in [4.78, 5) is 26.6. The summed E-state index contributed by atoms with van der Waals surface area (Å²) in [7, 11) is -3.32. The standard InChI is InChI=1S/C17H13N3O5S2/c1-27(24,25)13-7-8-14-15(10-13)26-17(18-14)19-16(21)9-4-11-2-5-12(6-3-11)20(22)23/h2-10H,1H3,(H,18,19,21)/b9-4+. The molecule has 0 bridgehead atoms. The van der Waals surface area contributed by atoms with Crippen LogP contribution in [0.1, 0.15) is 5.56 Å². The first-order chi connectivity index (χ1) is 12.7. The van der Waals surface area contributed by atoms with Gasteiger partial charge in [0.05, 0.1) is 20.0 Å². The molecule has 8 nitrogen and oxygen atoms in total. The first kappa shape index (κ1) is 18.7. The third-order valence-corrected chi connectivity index (χ3v) is 5.59. The molecule has 138 valence electrons. The summed E-state index contributed by atoms with van der Waals surface area (Å²) in [5, 5.41) is 13.6. The summed E-state index contributed by atoms with van der Waals surface area (Å²) in [6.07, 6.45) is 3.93. The maximum atomic E-state index is 12.0. The van der Waals surface area contributed by atoms with Gasteiger partial charge in [0.1, 0.15) is 0 Å². The normalized spacial score (nSPS) is 11.7. The fraction of sp³-hybridized carbons (Fsp3) is 0.0588. The third-order valence-electron chi connectivity index (χ3n) is 3.55. The zero-order valence-corrected chi connectivity index (χ0v) is 15.6. The van der Waals surface area contributed by atoms with Crippen LogP contribution in [0.15, 0.2) is 53.4 Å². The van der Waals surface area contributed by atoms with Crippen LogP contribution in [0.25, 0.3) is 16.3 Å². The minimum Gasteiger partial charge on any atom is -0.298 e. The molecule has 0 saturated heterocycles. The number of nitro benzene ring substituents is 1. The van der Waals surface area contributed by atoms with Crippen molar-refractivity contribution < 1.29 is 18.1 Å². The summed E-state index contributed by atoms with van der Waals surface area (Å²) in [5.74, 6) is -0.421. The molecule has 0 saturated carbocycles. The Morgan fingerprint density at radius 1 is 1.22 bits per heavy atom. The Morgan fingerprint density at radius 2 is 1.93 bits per heavy atom. The number of rotatable bonds is 5. The number of nitro groups is 1. The zero-order valence-electron chi connectivity index (χ0n) is 13.9. The molecule has 0 radical (unpaired) electrons. The number of benzene rings is 2. The first-order valence-electron chi connectivity index (χ1n) is 7.56. The van der Waals surface area contributed by atoms with Gasteiger partial charge in [-0.05, 0) is 42.0 Å². The van der Waals surface area contributed by atoms with Crippen molar-refractivity contribution in [3.8, 4) is 0 Å². The molecule has 0 aliphatic heterocycles. The maximum Gasteiger partial charge on any atom is 0.269 e. The van der Waals surface area contributed by atoms with Gasteiger partial charge in [-0.1, -0.05) is 11.3 Å². The van der Waals surface area contributed by atoms with Crippen molar-refractivity contribution in [3.05, 3.63) is 64.2 Å². The predicted molar refractivity (Wildman–Crippen MR) is 103 cm³/mol. The first-order valence-corrected chi connectivity index (χ1v) is 10.3. The Labute approximate surface area is 158 Å². The van der Waals surface area contributed by atoms with Gasteiger partial charge in [-0.3, -0.25) is 20.2 Å². The van der Waals surface area contributed by atoms with Gasteiger partial charge in [-0.15, -0.1) is 0 Å². The van der Waals surface area contributed by atoms with E-state index in [0.717, 1.165) is 6.26 Å². The average Bonchev–Trinajstić information content (AvgIpc) is 3.00. The highest BCUT2D eigenvalue weighted by Gasteiger charge is 2.11. The topological polar surface area (TPSA) is 119 Å². The number of aromatic nitrogens is 1. The highest BCUT2D eigenvalue weighted by molar-refractivity contribution is 7.90. The number of sulfone groups is 1. The highest BCUT2D eigenvalue weighted by atomic mass is 32.2. The van der Waals surface area contributed by atoms with Gasteiger partial charge >= 0.3 is 0 Å². The molecule has 1 amide bonds. The molecular formula is C17H13N3O5S2. The fourth-order valence-corrected chi connectivity index (χ4v) is 3.84. The number of carbonyl (C=O) groups excluding carboxylic acids is 1. The van der Waals surface area contributed by atoms with Crippen LogP contribution in [0.4, 0.5) is 10.8 Å². The Kier molecular flexibility index (Phi) is 5.02. The average molecular weight is 403 g/mol. The summed E-state index contributed by atoms with van der Waals surface area (Å²) < 4.78 is 23.9. The summed E-state index contributed by atoms with van der Waals surface area (Å²) >= 11 is 1.17. The third kappa shape index (κ3) is 4.54. The second-order valence-electron chi connectivity index (χ2n) is 5.59. The SMILES string of the molecule is CS(=O)(=O)c1ccc2nc(NC(=O)/C=C/c3ccc([N+](=O)[O-])cc3)sc2c1. The molecular weight excluding hydrogens is 390 g/mol. The van der Waals surface area contributed by atoms with Crippen molar-refractivity contribution in [2.75, 3.05) is 11.6 Å². The van der Waals surface area contributed by atoms with Crippen molar-refractivity contribution in [2.24, 2.45) is 0 Å². The molecule has 3 aromatic rings. The molecule has 1 N–H and O–H groups in total. The number of anilines is 1. The Bertz CT molecular complexity index is 1170. The van der Waals surface area contributed by atoms with Gasteiger partial charge < -0.3 is 0 Å². The van der Waals surface area contributed by atoms with Gasteiger partial charge in [0.15, 0.2) is 15.0 Å². The number of thiazole rings is 1. The minimum absolute atomic E-state index is 0.0282. The Morgan fingerprint density at radius 3 is 2.56 bits per heavy atom. The maximum absolute atomic E-state index is 12.0. The van der Waals surface area contributed by atoms with Crippen molar-refractivity contribution in [3.63, 3.8) is 0 Å². The zero-order chi connectivity index (χ0) is 19.6. The molecule has 0 spiro atoms. The van der Waals surface area contributed by atoms with Crippen LogP contribution < -0.4 is 5.32 Å². The highest BCUT2D eigenvalue weighted by Crippen LogP contribution is 2.28. The van der Waals surface area contributed by atoms with E-state index in [1.165, 1.54) is 59.9 Å². The number of fused-ring (bicyclic) bond motifs is 1. The van der Waals surface area contributed by atoms with Crippen LogP contribution >= 0.6 is 11.3 Å². The Hall–Kier alpha value is -3.11. The lowest BCUT2D eigenvalue weighted by Gasteiger charge is -1.96. The summed E-state index contributed by atoms with van der Waals surface area (Å²) in [5.41, 5.74) is 1.19. The summed E-state index contributed by atoms with van der Waals surface area (Å²) in [6, 6.07) is 10.3. The molecule has 1 heterocycles. The van der Waals surface area contributed by atoms with E-state index in [9.17, 15) is 23.3 Å². The van der Waals surface area contributed by atoms with Crippen LogP contribution in [0.5, 0.6) is 0 Å². The second kappa shape index (κ2) is 7.25. The number of amides is 1. The molecule has 0 aliphatic carbocycles. The second-order valence-corrected chi connectivity index (χ2v) is 8.64. The monoisotopic (exact) mass is 403 g/mol. The van der Waals surface area contributed by atoms with Crippen LogP contribution in [-0.2, 0) is 14.6 Å². The van der Waals surface area contributed by atoms with E-state index in [0.29, 0.717) is 20.9 Å². The molecule has 10 heteroatoms. The lowest BCUT2D eigenvalue weighted by Crippen LogP contribution is -2.07. The number of nitrogens with zero attached hydrogens (tertiary/aromatic N) is 2. The lowest BCUT2D eigenvalue weighted by atomic mass is 10.2. The van der Waals surface area contributed by atoms with E-state index >= 15 is 0 Å². The predicted octanol–water partition coefficient (Wildman–Crippen LogP) is 3.26. The molecule has 0 unspecified atom stereocenters. The summed E-state index contributed by atoms with van der Waals surface area (Å²) in [6.45, 7) is 0. The van der Waals surface area contributed by atoms with E-state index in [4.69, 9.17) is 0 Å². The van der Waals surface area contributed by atoms with Crippen molar-refractivity contribution in [2.45, 2.75) is 4.90 Å². The number of non-ortho nitro benzene ring substituents is 1. The van der Waals surface area contributed by atoms with Gasteiger partial charge in [-0.2, -0.15) is 0 Å². The number of carbonyl (C=O) groups is 1. The molecule has 0 fully saturated rings. The molecule has 27 heavy (non-hydrogen) atoms. The van der Waals surface area contributed by atoms with E-state index in [2.05, 4.69) is 10.3 Å². The largest absolute Gasteiger partial charge is 0.298 e. The smallest absolute Gasteiger partial charge is 0.269 e. The number of nitrogens with one attached hydrogen (secondary N) is 1. The lowest BCUT2D eigenvalue weighted by molar-refractivity contribution is -0.384. The van der Waals surface area contributed by atoms with E-state index in [1.807, 2.05) is 0 Å². The van der Waals surface area contributed by atoms with Gasteiger partial charge in [0.2, 0.25) is 5.91 Å². The van der Waals surface area contributed by atoms with Crippen LogP contribution in [0.3, 0.4) is 0 Å². The molecule has 0 aliphatic rings. The van der Waals surface area contributed by atoms with E-state index in [1.54, 1.807) is 6.07 Å². The molecule has 1 aromatic heterocycles. The van der Waals surface area contributed by atoms with E-state index < -0.39 is 20.7 Å². The van der Waals surface area contributed by atoms with Crippen molar-refractivity contribution >= 4 is 54.2 Å². The van der Waals surface area contributed by atoms with E-state index in [-0.39, 0.29) is 10.6 Å². The number of hydrogen-bond donors (Lipinski definition) is 1. The molecule has 2 aromatic carbocycles. The molecule has 3 rings (SSSR count). The molecule has 0 atom stereocenters. The number of hydrogen-bond acceptors (Lipinski definition) is 7. The van der Waals surface area contributed by atoms with Gasteiger partial charge in [0.25, 0.3) is 5.69 Å². The van der Waals surface area contributed by atoms with Crippen LogP contribution in [-0.4, -0.2) is 30.5 Å². The van der Waals surface area contributed by atoms with Gasteiger partial charge in [0, 0.05) is 24.5 Å². The minimum atomic E-state index is -3.32. The van der Waals surface area contributed by atoms with Crippen LogP contribution in [0, 0.1) is 10.1 Å². The van der Waals surface area contributed by atoms with Crippen molar-refractivity contribution in [1.29, 1.82) is 0 Å².